The van der Waals surface area contributed by atoms with Crippen LogP contribution in [-0.4, -0.2) is 33.6 Å². The van der Waals surface area contributed by atoms with Crippen molar-refractivity contribution in [3.8, 4) is 17.3 Å². The van der Waals surface area contributed by atoms with Gasteiger partial charge < -0.3 is 10.6 Å². The van der Waals surface area contributed by atoms with E-state index in [1.54, 1.807) is 18.2 Å². The third-order valence-electron chi connectivity index (χ3n) is 5.31. The predicted octanol–water partition coefficient (Wildman–Crippen LogP) is 1.81. The molecule has 0 saturated carbocycles. The van der Waals surface area contributed by atoms with Crippen molar-refractivity contribution < 1.29 is 18.8 Å². The average Bonchev–Trinajstić information content (AvgIpc) is 3.03. The van der Waals surface area contributed by atoms with Crippen molar-refractivity contribution in [3.05, 3.63) is 46.5 Å². The zero-order valence-corrected chi connectivity index (χ0v) is 16.8. The number of carbonyl (C=O) groups is 3. The number of rotatable bonds is 3. The molecule has 1 aromatic carbocycles. The Bertz CT molecular complexity index is 1140. The minimum absolute atomic E-state index is 0.0124. The summed E-state index contributed by atoms with van der Waals surface area (Å²) in [6.45, 7) is 0.211. The van der Waals surface area contributed by atoms with Crippen molar-refractivity contribution in [2.45, 2.75) is 31.3 Å². The van der Waals surface area contributed by atoms with E-state index < -0.39 is 17.9 Å². The number of hydrogen-bond donors (Lipinski definition) is 2. The minimum Gasteiger partial charge on any atom is -0.383 e. The largest absolute Gasteiger partial charge is 0.383 e. The number of nitrogen functional groups attached to an aromatic ring is 1. The molecule has 3 heterocycles. The molecule has 0 bridgehead atoms. The zero-order chi connectivity index (χ0) is 21.6. The third-order valence-corrected chi connectivity index (χ3v) is 5.67. The highest BCUT2D eigenvalue weighted by Gasteiger charge is 2.39. The van der Waals surface area contributed by atoms with Crippen LogP contribution in [0.3, 0.4) is 0 Å². The average molecular weight is 425 g/mol. The fourth-order valence-corrected chi connectivity index (χ4v) is 4.07. The lowest BCUT2D eigenvalue weighted by molar-refractivity contribution is -0.136. The van der Waals surface area contributed by atoms with E-state index in [0.717, 1.165) is 0 Å². The van der Waals surface area contributed by atoms with Crippen molar-refractivity contribution in [1.29, 1.82) is 5.26 Å². The van der Waals surface area contributed by atoms with Gasteiger partial charge in [-0.1, -0.05) is 15.3 Å². The lowest BCUT2D eigenvalue weighted by atomic mass is 10.0. The molecule has 2 aliphatic heterocycles. The van der Waals surface area contributed by atoms with Gasteiger partial charge in [0, 0.05) is 29.7 Å². The maximum atomic E-state index is 14.0. The number of alkyl halides is 1. The van der Waals surface area contributed by atoms with Crippen LogP contribution in [0.5, 0.6) is 0 Å². The molecular weight excluding hydrogens is 408 g/mol. The number of carbonyl (C=O) groups excluding carboxylic acids is 3. The number of fused-ring (bicyclic) bond motifs is 1. The van der Waals surface area contributed by atoms with E-state index in [2.05, 4.69) is 10.3 Å². The van der Waals surface area contributed by atoms with Crippen molar-refractivity contribution >= 4 is 32.8 Å². The highest BCUT2D eigenvalue weighted by Crippen LogP contribution is 2.35. The van der Waals surface area contributed by atoms with Gasteiger partial charge in [0.25, 0.3) is 5.91 Å². The SMILES string of the molecule is N#Cc1c(C(F)P)cc(-c2ccc3c(c2)CN(C2CCC(=O)NC2=O)C3=O)nc1N. The maximum Gasteiger partial charge on any atom is 0.255 e. The van der Waals surface area contributed by atoms with Gasteiger partial charge in [0.05, 0.1) is 5.69 Å². The molecule has 1 saturated heterocycles. The highest BCUT2D eigenvalue weighted by atomic mass is 31.0. The number of pyridine rings is 1. The quantitative estimate of drug-likeness (QED) is 0.570. The number of benzene rings is 1. The van der Waals surface area contributed by atoms with Crippen LogP contribution in [-0.2, 0) is 16.1 Å². The van der Waals surface area contributed by atoms with Crippen molar-refractivity contribution in [1.82, 2.24) is 15.2 Å². The van der Waals surface area contributed by atoms with Gasteiger partial charge in [0.1, 0.15) is 29.4 Å². The van der Waals surface area contributed by atoms with Gasteiger partial charge in [-0.3, -0.25) is 19.7 Å². The van der Waals surface area contributed by atoms with Crippen LogP contribution in [0.4, 0.5) is 10.2 Å². The second kappa shape index (κ2) is 7.47. The minimum atomic E-state index is -1.48. The van der Waals surface area contributed by atoms with Gasteiger partial charge in [-0.15, -0.1) is 0 Å². The Morgan fingerprint density at radius 2 is 2.10 bits per heavy atom. The van der Waals surface area contributed by atoms with E-state index in [-0.39, 0.29) is 48.1 Å². The standard InChI is InChI=1S/C20H17FN5O3P/c21-17(30)12-6-14(24-18(23)13(12)7-22)9-1-2-11-10(5-9)8-26(20(11)29)15-3-4-16(27)25-19(15)28/h1-2,5-6,15,17H,3-4,8,30H2,(H2,23,24)(H,25,27,28). The van der Waals surface area contributed by atoms with Gasteiger partial charge in [-0.05, 0) is 30.2 Å². The number of nitrogens with zero attached hydrogens (tertiary/aromatic N) is 3. The molecule has 0 aliphatic carbocycles. The molecular formula is C20H17FN5O3P. The molecule has 3 unspecified atom stereocenters. The van der Waals surface area contributed by atoms with Crippen LogP contribution in [0, 0.1) is 11.3 Å². The normalized spacial score (nSPS) is 19.3. The molecule has 10 heteroatoms. The molecule has 2 aliphatic rings. The monoisotopic (exact) mass is 425 g/mol. The van der Waals surface area contributed by atoms with Crippen LogP contribution in [0.25, 0.3) is 11.3 Å². The Balaban J connectivity index is 1.68. The molecule has 3 atom stereocenters. The first-order chi connectivity index (χ1) is 14.3. The van der Waals surface area contributed by atoms with Crippen molar-refractivity contribution in [3.63, 3.8) is 0 Å². The number of amides is 3. The number of aromatic nitrogens is 1. The van der Waals surface area contributed by atoms with Gasteiger partial charge in [-0.2, -0.15) is 5.26 Å². The van der Waals surface area contributed by atoms with Crippen molar-refractivity contribution in [2.75, 3.05) is 5.73 Å². The summed E-state index contributed by atoms with van der Waals surface area (Å²) in [6.07, 6.45) is 0.457. The van der Waals surface area contributed by atoms with Crippen molar-refractivity contribution in [2.24, 2.45) is 0 Å². The number of imide groups is 1. The summed E-state index contributed by atoms with van der Waals surface area (Å²) >= 11 is 0. The second-order valence-corrected chi connectivity index (χ2v) is 7.73. The molecule has 3 amide bonds. The molecule has 30 heavy (non-hydrogen) atoms. The van der Waals surface area contributed by atoms with Gasteiger partial charge in [-0.25, -0.2) is 9.37 Å². The predicted molar refractivity (Wildman–Crippen MR) is 108 cm³/mol. The van der Waals surface area contributed by atoms with Crippen LogP contribution < -0.4 is 11.1 Å². The molecule has 8 nitrogen and oxygen atoms in total. The number of nitrogens with two attached hydrogens (primary N) is 1. The Kier molecular flexibility index (Phi) is 4.96. The molecule has 152 valence electrons. The van der Waals surface area contributed by atoms with E-state index in [9.17, 15) is 24.0 Å². The first kappa shape index (κ1) is 19.9. The molecule has 1 aromatic heterocycles. The van der Waals surface area contributed by atoms with Gasteiger partial charge >= 0.3 is 0 Å². The number of hydrogen-bond acceptors (Lipinski definition) is 6. The van der Waals surface area contributed by atoms with Gasteiger partial charge in [0.2, 0.25) is 11.8 Å². The second-order valence-electron chi connectivity index (χ2n) is 7.14. The van der Waals surface area contributed by atoms with E-state index in [4.69, 9.17) is 5.73 Å². The number of anilines is 1. The van der Waals surface area contributed by atoms with E-state index in [1.807, 2.05) is 15.3 Å². The fourth-order valence-electron chi connectivity index (χ4n) is 3.81. The molecule has 1 fully saturated rings. The van der Waals surface area contributed by atoms with Crippen LogP contribution in [0.1, 0.15) is 45.8 Å². The summed E-state index contributed by atoms with van der Waals surface area (Å²) in [4.78, 5) is 42.0. The van der Waals surface area contributed by atoms with E-state index >= 15 is 0 Å². The Labute approximate surface area is 173 Å². The number of nitrogens with one attached hydrogen (secondary N) is 1. The first-order valence-corrected chi connectivity index (χ1v) is 9.85. The molecule has 4 rings (SSSR count). The summed E-state index contributed by atoms with van der Waals surface area (Å²) in [5.41, 5.74) is 8.08. The summed E-state index contributed by atoms with van der Waals surface area (Å²) in [5.74, 6) is -2.66. The Morgan fingerprint density at radius 1 is 1.33 bits per heavy atom. The number of halogens is 1. The third kappa shape index (κ3) is 3.29. The van der Waals surface area contributed by atoms with Gasteiger partial charge in [0.15, 0.2) is 0 Å². The smallest absolute Gasteiger partial charge is 0.255 e. The number of nitriles is 1. The highest BCUT2D eigenvalue weighted by molar-refractivity contribution is 7.16. The lowest BCUT2D eigenvalue weighted by Crippen LogP contribution is -2.52. The molecule has 2 aromatic rings. The fraction of sp³-hybridized carbons (Fsp3) is 0.250. The molecule has 0 radical (unpaired) electrons. The van der Waals surface area contributed by atoms with Crippen LogP contribution >= 0.6 is 9.24 Å². The first-order valence-electron chi connectivity index (χ1n) is 9.18. The summed E-state index contributed by atoms with van der Waals surface area (Å²) in [5, 5.41) is 11.5. The summed E-state index contributed by atoms with van der Waals surface area (Å²) < 4.78 is 14.0. The molecule has 0 spiro atoms. The Hall–Kier alpha value is -3.37. The van der Waals surface area contributed by atoms with E-state index in [1.165, 1.54) is 11.0 Å². The topological polar surface area (TPSA) is 129 Å². The lowest BCUT2D eigenvalue weighted by Gasteiger charge is -2.29. The van der Waals surface area contributed by atoms with E-state index in [0.29, 0.717) is 22.4 Å². The van der Waals surface area contributed by atoms with Crippen LogP contribution in [0.15, 0.2) is 24.3 Å². The molecule has 3 N–H and O–H groups in total. The zero-order valence-electron chi connectivity index (χ0n) is 15.7. The Morgan fingerprint density at radius 3 is 2.77 bits per heavy atom. The maximum absolute atomic E-state index is 14.0. The summed E-state index contributed by atoms with van der Waals surface area (Å²) in [6, 6.07) is 7.66. The summed E-state index contributed by atoms with van der Waals surface area (Å²) in [7, 11) is 1.99. The van der Waals surface area contributed by atoms with Crippen LogP contribution in [0.2, 0.25) is 0 Å². The number of piperidine rings is 1.